The van der Waals surface area contributed by atoms with Gasteiger partial charge in [-0.1, -0.05) is 30.3 Å². The zero-order valence-electron chi connectivity index (χ0n) is 15.4. The minimum Gasteiger partial charge on any atom is -0.373 e. The minimum atomic E-state index is -4.00. The number of nitro groups is 1. The topological polar surface area (TPSA) is 101 Å². The standard InChI is InChI=1S/C20H18FN3O4S/c1-14(15-7-9-16(21)10-8-15)22-19-12-11-18(13-20(19)24(25)26)29(27,28)23-17-5-3-2-4-6-17/h2-14,22-23H,1H3/t14-/m0/s1. The van der Waals surface area contributed by atoms with E-state index in [1.807, 2.05) is 0 Å². The fourth-order valence-electron chi connectivity index (χ4n) is 2.74. The molecule has 0 aromatic heterocycles. The molecule has 3 aromatic rings. The smallest absolute Gasteiger partial charge is 0.293 e. The van der Waals surface area contributed by atoms with Crippen molar-refractivity contribution in [3.05, 3.63) is 94.3 Å². The third kappa shape index (κ3) is 4.88. The van der Waals surface area contributed by atoms with E-state index in [0.717, 1.165) is 11.6 Å². The van der Waals surface area contributed by atoms with Crippen LogP contribution in [0, 0.1) is 15.9 Å². The maximum Gasteiger partial charge on any atom is 0.293 e. The molecule has 0 fully saturated rings. The molecular formula is C20H18FN3O4S. The number of nitrogens with one attached hydrogen (secondary N) is 2. The van der Waals surface area contributed by atoms with Crippen LogP contribution >= 0.6 is 0 Å². The number of nitro benzene ring substituents is 1. The van der Waals surface area contributed by atoms with E-state index in [2.05, 4.69) is 10.0 Å². The normalized spacial score (nSPS) is 12.2. The molecular weight excluding hydrogens is 397 g/mol. The van der Waals surface area contributed by atoms with E-state index in [0.29, 0.717) is 5.69 Å². The van der Waals surface area contributed by atoms with Crippen molar-refractivity contribution in [1.29, 1.82) is 0 Å². The lowest BCUT2D eigenvalue weighted by Crippen LogP contribution is -2.14. The Morgan fingerprint density at radius 3 is 2.28 bits per heavy atom. The van der Waals surface area contributed by atoms with Gasteiger partial charge in [0.15, 0.2) is 0 Å². The molecule has 0 unspecified atom stereocenters. The third-order valence-electron chi connectivity index (χ3n) is 4.24. The van der Waals surface area contributed by atoms with E-state index < -0.39 is 14.9 Å². The first kappa shape index (κ1) is 20.3. The molecule has 0 saturated heterocycles. The van der Waals surface area contributed by atoms with E-state index in [4.69, 9.17) is 0 Å². The molecule has 0 heterocycles. The van der Waals surface area contributed by atoms with Crippen molar-refractivity contribution in [3.8, 4) is 0 Å². The highest BCUT2D eigenvalue weighted by molar-refractivity contribution is 7.92. The molecule has 2 N–H and O–H groups in total. The van der Waals surface area contributed by atoms with Crippen LogP contribution < -0.4 is 10.0 Å². The monoisotopic (exact) mass is 415 g/mol. The molecule has 0 aliphatic heterocycles. The van der Waals surface area contributed by atoms with Crippen molar-refractivity contribution < 1.29 is 17.7 Å². The first-order valence-corrected chi connectivity index (χ1v) is 10.1. The summed E-state index contributed by atoms with van der Waals surface area (Å²) in [6.45, 7) is 1.76. The SMILES string of the molecule is C[C@H](Nc1ccc(S(=O)(=O)Nc2ccccc2)cc1[N+](=O)[O-])c1ccc(F)cc1. The summed E-state index contributed by atoms with van der Waals surface area (Å²) in [5.41, 5.74) is 0.853. The van der Waals surface area contributed by atoms with E-state index in [9.17, 15) is 22.9 Å². The second-order valence-corrected chi connectivity index (χ2v) is 8.01. The van der Waals surface area contributed by atoms with Gasteiger partial charge in [-0.3, -0.25) is 14.8 Å². The summed E-state index contributed by atoms with van der Waals surface area (Å²) in [5, 5.41) is 14.5. The summed E-state index contributed by atoms with van der Waals surface area (Å²) in [5.74, 6) is -0.382. The average Bonchev–Trinajstić information content (AvgIpc) is 2.69. The average molecular weight is 415 g/mol. The number of benzene rings is 3. The molecule has 0 spiro atoms. The second-order valence-electron chi connectivity index (χ2n) is 6.33. The zero-order chi connectivity index (χ0) is 21.0. The van der Waals surface area contributed by atoms with E-state index in [-0.39, 0.29) is 28.1 Å². The number of hydrogen-bond acceptors (Lipinski definition) is 5. The number of anilines is 2. The Bertz CT molecular complexity index is 1120. The highest BCUT2D eigenvalue weighted by Gasteiger charge is 2.22. The first-order valence-electron chi connectivity index (χ1n) is 8.64. The number of rotatable bonds is 7. The highest BCUT2D eigenvalue weighted by Crippen LogP contribution is 2.31. The van der Waals surface area contributed by atoms with Gasteiger partial charge in [-0.2, -0.15) is 0 Å². The Morgan fingerprint density at radius 2 is 1.66 bits per heavy atom. The van der Waals surface area contributed by atoms with E-state index in [1.54, 1.807) is 49.4 Å². The van der Waals surface area contributed by atoms with E-state index in [1.165, 1.54) is 24.3 Å². The molecule has 9 heteroatoms. The Labute approximate surface area is 167 Å². The molecule has 150 valence electrons. The summed E-state index contributed by atoms with van der Waals surface area (Å²) < 4.78 is 40.6. The van der Waals surface area contributed by atoms with Crippen LogP contribution in [0.4, 0.5) is 21.5 Å². The van der Waals surface area contributed by atoms with Gasteiger partial charge in [-0.05, 0) is 48.9 Å². The summed E-state index contributed by atoms with van der Waals surface area (Å²) >= 11 is 0. The van der Waals surface area contributed by atoms with Crippen LogP contribution in [0.15, 0.2) is 77.7 Å². The van der Waals surface area contributed by atoms with Gasteiger partial charge in [0.05, 0.1) is 9.82 Å². The number of sulfonamides is 1. The van der Waals surface area contributed by atoms with Crippen molar-refractivity contribution >= 4 is 27.1 Å². The van der Waals surface area contributed by atoms with Gasteiger partial charge < -0.3 is 5.32 Å². The highest BCUT2D eigenvalue weighted by atomic mass is 32.2. The van der Waals surface area contributed by atoms with Crippen LogP contribution in [-0.2, 0) is 10.0 Å². The number of halogens is 1. The molecule has 0 bridgehead atoms. The van der Waals surface area contributed by atoms with Crippen molar-refractivity contribution in [2.24, 2.45) is 0 Å². The van der Waals surface area contributed by atoms with Gasteiger partial charge in [-0.15, -0.1) is 0 Å². The molecule has 3 aromatic carbocycles. The molecule has 0 amide bonds. The molecule has 0 aliphatic carbocycles. The fourth-order valence-corrected chi connectivity index (χ4v) is 3.82. The van der Waals surface area contributed by atoms with Gasteiger partial charge in [0, 0.05) is 17.8 Å². The lowest BCUT2D eigenvalue weighted by Gasteiger charge is -2.16. The summed E-state index contributed by atoms with van der Waals surface area (Å²) in [6, 6.07) is 17.3. The first-order chi connectivity index (χ1) is 13.8. The molecule has 1 atom stereocenters. The molecule has 0 saturated carbocycles. The van der Waals surface area contributed by atoms with Crippen molar-refractivity contribution in [2.45, 2.75) is 17.9 Å². The van der Waals surface area contributed by atoms with Crippen molar-refractivity contribution in [3.63, 3.8) is 0 Å². The molecule has 29 heavy (non-hydrogen) atoms. The largest absolute Gasteiger partial charge is 0.373 e. The van der Waals surface area contributed by atoms with Gasteiger partial charge >= 0.3 is 0 Å². The number of para-hydroxylation sites is 1. The van der Waals surface area contributed by atoms with Crippen LogP contribution in [0.1, 0.15) is 18.5 Å². The molecule has 3 rings (SSSR count). The second kappa shape index (κ2) is 8.27. The maximum atomic E-state index is 13.1. The van der Waals surface area contributed by atoms with Crippen LogP contribution in [0.25, 0.3) is 0 Å². The predicted molar refractivity (Wildman–Crippen MR) is 109 cm³/mol. The van der Waals surface area contributed by atoms with Crippen LogP contribution in [0.5, 0.6) is 0 Å². The van der Waals surface area contributed by atoms with Gasteiger partial charge in [0.1, 0.15) is 11.5 Å². The maximum absolute atomic E-state index is 13.1. The predicted octanol–water partition coefficient (Wildman–Crippen LogP) is 4.71. The van der Waals surface area contributed by atoms with Gasteiger partial charge in [0.2, 0.25) is 0 Å². The van der Waals surface area contributed by atoms with Gasteiger partial charge in [-0.25, -0.2) is 12.8 Å². The number of nitrogens with zero attached hydrogens (tertiary/aromatic N) is 1. The third-order valence-corrected chi connectivity index (χ3v) is 5.62. The Morgan fingerprint density at radius 1 is 1.00 bits per heavy atom. The Balaban J connectivity index is 1.89. The quantitative estimate of drug-likeness (QED) is 0.430. The Hall–Kier alpha value is -3.46. The summed E-state index contributed by atoms with van der Waals surface area (Å²) in [6.07, 6.45) is 0. The fraction of sp³-hybridized carbons (Fsp3) is 0.100. The molecule has 0 radical (unpaired) electrons. The lowest BCUT2D eigenvalue weighted by atomic mass is 10.1. The summed E-state index contributed by atoms with van der Waals surface area (Å²) in [4.78, 5) is 10.6. The van der Waals surface area contributed by atoms with Crippen molar-refractivity contribution in [1.82, 2.24) is 0 Å². The summed E-state index contributed by atoms with van der Waals surface area (Å²) in [7, 11) is -4.00. The minimum absolute atomic E-state index is 0.158. The van der Waals surface area contributed by atoms with Crippen LogP contribution in [-0.4, -0.2) is 13.3 Å². The van der Waals surface area contributed by atoms with Crippen LogP contribution in [0.2, 0.25) is 0 Å². The molecule has 0 aliphatic rings. The van der Waals surface area contributed by atoms with Crippen molar-refractivity contribution in [2.75, 3.05) is 10.0 Å². The number of hydrogen-bond donors (Lipinski definition) is 2. The molecule has 7 nitrogen and oxygen atoms in total. The Kier molecular flexibility index (Phi) is 5.79. The van der Waals surface area contributed by atoms with Crippen LogP contribution in [0.3, 0.4) is 0 Å². The van der Waals surface area contributed by atoms with E-state index >= 15 is 0 Å². The zero-order valence-corrected chi connectivity index (χ0v) is 16.2. The lowest BCUT2D eigenvalue weighted by molar-refractivity contribution is -0.384. The van der Waals surface area contributed by atoms with Gasteiger partial charge in [0.25, 0.3) is 15.7 Å².